The maximum atomic E-state index is 12.7. The quantitative estimate of drug-likeness (QED) is 0.816. The average molecular weight is 361 g/mol. The lowest BCUT2D eigenvalue weighted by Crippen LogP contribution is -2.39. The van der Waals surface area contributed by atoms with Gasteiger partial charge in [-0.3, -0.25) is 10.1 Å². The van der Waals surface area contributed by atoms with Gasteiger partial charge in [-0.2, -0.15) is 0 Å². The number of nitrogens with zero attached hydrogens (tertiary/aromatic N) is 1. The minimum absolute atomic E-state index is 0.117. The molecule has 132 valence electrons. The molecule has 2 aromatic rings. The smallest absolute Gasteiger partial charge is 0.260 e. The fraction of sp³-hybridized carbons (Fsp3) is 0.294. The molecule has 3 N–H and O–H groups in total. The highest BCUT2D eigenvalue weighted by atomic mass is 32.1. The van der Waals surface area contributed by atoms with Crippen molar-refractivity contribution in [3.63, 3.8) is 0 Å². The van der Waals surface area contributed by atoms with E-state index in [1.165, 1.54) is 11.3 Å². The van der Waals surface area contributed by atoms with Gasteiger partial charge in [0.25, 0.3) is 5.91 Å². The number of nitrogens with one attached hydrogen (secondary N) is 1. The SMILES string of the molecule is COc1cc(CC2(c3cccs3)N=C(N)NC2=O)cc(OC)c1OC. The van der Waals surface area contributed by atoms with E-state index in [-0.39, 0.29) is 11.9 Å². The molecule has 2 heterocycles. The van der Waals surface area contributed by atoms with E-state index in [0.717, 1.165) is 10.4 Å². The third-order valence-corrected chi connectivity index (χ3v) is 5.06. The summed E-state index contributed by atoms with van der Waals surface area (Å²) in [6, 6.07) is 7.39. The molecule has 1 amide bonds. The van der Waals surface area contributed by atoms with Crippen LogP contribution in [0, 0.1) is 0 Å². The largest absolute Gasteiger partial charge is 0.493 e. The molecule has 0 spiro atoms. The second kappa shape index (κ2) is 6.64. The molecule has 0 aliphatic carbocycles. The van der Waals surface area contributed by atoms with Crippen LogP contribution in [-0.4, -0.2) is 33.2 Å². The summed E-state index contributed by atoms with van der Waals surface area (Å²) in [4.78, 5) is 17.9. The first kappa shape index (κ1) is 17.1. The van der Waals surface area contributed by atoms with Crippen LogP contribution in [0.15, 0.2) is 34.6 Å². The number of guanidine groups is 1. The van der Waals surface area contributed by atoms with Crippen LogP contribution in [0.4, 0.5) is 0 Å². The van der Waals surface area contributed by atoms with Crippen LogP contribution in [-0.2, 0) is 16.8 Å². The number of benzene rings is 1. The molecule has 1 aliphatic heterocycles. The van der Waals surface area contributed by atoms with Crippen LogP contribution < -0.4 is 25.3 Å². The van der Waals surface area contributed by atoms with E-state index < -0.39 is 5.54 Å². The lowest BCUT2D eigenvalue weighted by Gasteiger charge is -2.23. The number of carbonyl (C=O) groups excluding carboxylic acids is 1. The van der Waals surface area contributed by atoms with Gasteiger partial charge in [-0.1, -0.05) is 6.07 Å². The minimum Gasteiger partial charge on any atom is -0.493 e. The van der Waals surface area contributed by atoms with E-state index in [1.807, 2.05) is 29.6 Å². The van der Waals surface area contributed by atoms with E-state index in [2.05, 4.69) is 10.3 Å². The van der Waals surface area contributed by atoms with E-state index in [9.17, 15) is 4.79 Å². The summed E-state index contributed by atoms with van der Waals surface area (Å²) >= 11 is 1.46. The van der Waals surface area contributed by atoms with Gasteiger partial charge >= 0.3 is 0 Å². The van der Waals surface area contributed by atoms with E-state index in [1.54, 1.807) is 21.3 Å². The predicted molar refractivity (Wildman–Crippen MR) is 95.6 cm³/mol. The number of nitrogens with two attached hydrogens (primary N) is 1. The number of amides is 1. The summed E-state index contributed by atoms with van der Waals surface area (Å²) < 4.78 is 16.1. The normalized spacial score (nSPS) is 19.3. The Morgan fingerprint density at radius 1 is 1.20 bits per heavy atom. The first-order chi connectivity index (χ1) is 12.0. The number of hydrogen-bond acceptors (Lipinski definition) is 7. The van der Waals surface area contributed by atoms with Crippen LogP contribution in [0.3, 0.4) is 0 Å². The summed E-state index contributed by atoms with van der Waals surface area (Å²) in [6.45, 7) is 0. The summed E-state index contributed by atoms with van der Waals surface area (Å²) in [5.41, 5.74) is 5.49. The number of carbonyl (C=O) groups is 1. The van der Waals surface area contributed by atoms with Gasteiger partial charge in [-0.05, 0) is 29.1 Å². The van der Waals surface area contributed by atoms with E-state index in [4.69, 9.17) is 19.9 Å². The molecule has 1 aromatic carbocycles. The molecular weight excluding hydrogens is 342 g/mol. The van der Waals surface area contributed by atoms with Gasteiger partial charge in [0.05, 0.1) is 21.3 Å². The molecule has 1 aromatic heterocycles. The van der Waals surface area contributed by atoms with Gasteiger partial charge in [-0.25, -0.2) is 4.99 Å². The Hall–Kier alpha value is -2.74. The molecule has 0 bridgehead atoms. The van der Waals surface area contributed by atoms with Crippen molar-refractivity contribution in [2.24, 2.45) is 10.7 Å². The van der Waals surface area contributed by atoms with Crippen LogP contribution in [0.1, 0.15) is 10.4 Å². The molecule has 0 saturated heterocycles. The Morgan fingerprint density at radius 2 is 1.88 bits per heavy atom. The van der Waals surface area contributed by atoms with Crippen molar-refractivity contribution in [1.82, 2.24) is 5.32 Å². The van der Waals surface area contributed by atoms with Crippen molar-refractivity contribution in [2.45, 2.75) is 12.0 Å². The summed E-state index contributed by atoms with van der Waals surface area (Å²) in [6.07, 6.45) is 0.316. The monoisotopic (exact) mass is 361 g/mol. The maximum Gasteiger partial charge on any atom is 0.260 e. The van der Waals surface area contributed by atoms with Gasteiger partial charge in [-0.15, -0.1) is 11.3 Å². The van der Waals surface area contributed by atoms with Crippen LogP contribution in [0.2, 0.25) is 0 Å². The minimum atomic E-state index is -1.09. The van der Waals surface area contributed by atoms with E-state index >= 15 is 0 Å². The number of methoxy groups -OCH3 is 3. The van der Waals surface area contributed by atoms with Crippen molar-refractivity contribution in [2.75, 3.05) is 21.3 Å². The van der Waals surface area contributed by atoms with Crippen LogP contribution in [0.5, 0.6) is 17.2 Å². The Bertz CT molecular complexity index is 794. The number of hydrogen-bond donors (Lipinski definition) is 2. The molecule has 8 heteroatoms. The van der Waals surface area contributed by atoms with Crippen LogP contribution >= 0.6 is 11.3 Å². The third-order valence-electron chi connectivity index (χ3n) is 4.04. The van der Waals surface area contributed by atoms with Crippen molar-refractivity contribution in [3.05, 3.63) is 40.1 Å². The average Bonchev–Trinajstić information content (AvgIpc) is 3.23. The number of rotatable bonds is 6. The second-order valence-electron chi connectivity index (χ2n) is 5.50. The fourth-order valence-corrected chi connectivity index (χ4v) is 3.79. The molecule has 25 heavy (non-hydrogen) atoms. The topological polar surface area (TPSA) is 95.2 Å². The van der Waals surface area contributed by atoms with Crippen molar-refractivity contribution < 1.29 is 19.0 Å². The van der Waals surface area contributed by atoms with Crippen molar-refractivity contribution >= 4 is 23.2 Å². The zero-order valence-corrected chi connectivity index (χ0v) is 15.0. The molecule has 0 saturated carbocycles. The Morgan fingerprint density at radius 3 is 2.32 bits per heavy atom. The first-order valence-electron chi connectivity index (χ1n) is 7.53. The predicted octanol–water partition coefficient (Wildman–Crippen LogP) is 1.66. The van der Waals surface area contributed by atoms with Crippen molar-refractivity contribution in [1.29, 1.82) is 0 Å². The number of aliphatic imine (C=N–C) groups is 1. The molecule has 3 rings (SSSR count). The van der Waals surface area contributed by atoms with Gasteiger partial charge in [0.15, 0.2) is 23.0 Å². The maximum absolute atomic E-state index is 12.7. The summed E-state index contributed by atoms with van der Waals surface area (Å²) in [5, 5.41) is 4.51. The van der Waals surface area contributed by atoms with Gasteiger partial charge in [0, 0.05) is 11.3 Å². The lowest BCUT2D eigenvalue weighted by molar-refractivity contribution is -0.123. The lowest BCUT2D eigenvalue weighted by atomic mass is 9.89. The van der Waals surface area contributed by atoms with E-state index in [0.29, 0.717) is 23.7 Å². The van der Waals surface area contributed by atoms with Gasteiger partial charge in [0.1, 0.15) is 0 Å². The molecule has 7 nitrogen and oxygen atoms in total. The molecule has 0 fully saturated rings. The molecule has 1 unspecified atom stereocenters. The summed E-state index contributed by atoms with van der Waals surface area (Å²) in [7, 11) is 4.64. The zero-order valence-electron chi connectivity index (χ0n) is 14.2. The fourth-order valence-electron chi connectivity index (χ4n) is 2.92. The van der Waals surface area contributed by atoms with Crippen LogP contribution in [0.25, 0.3) is 0 Å². The molecular formula is C17H19N3O4S. The highest BCUT2D eigenvalue weighted by Crippen LogP contribution is 2.42. The first-order valence-corrected chi connectivity index (χ1v) is 8.41. The van der Waals surface area contributed by atoms with Crippen molar-refractivity contribution in [3.8, 4) is 17.2 Å². The van der Waals surface area contributed by atoms with Gasteiger partial charge < -0.3 is 19.9 Å². The molecule has 1 atom stereocenters. The Labute approximate surface area is 149 Å². The highest BCUT2D eigenvalue weighted by molar-refractivity contribution is 7.10. The second-order valence-corrected chi connectivity index (χ2v) is 6.45. The Kier molecular flexibility index (Phi) is 4.54. The molecule has 1 aliphatic rings. The standard InChI is InChI=1S/C17H19N3O4S/c1-22-11-7-10(8-12(23-2)14(11)24-3)9-17(13-5-4-6-25-13)15(21)19-16(18)20-17/h4-8H,9H2,1-3H3,(H3,18,19,20,21). The zero-order chi connectivity index (χ0) is 18.0. The summed E-state index contributed by atoms with van der Waals surface area (Å²) in [5.74, 6) is 1.41. The number of thiophene rings is 1. The van der Waals surface area contributed by atoms with Gasteiger partial charge in [0.2, 0.25) is 5.75 Å². The number of ether oxygens (including phenoxy) is 3. The highest BCUT2D eigenvalue weighted by Gasteiger charge is 2.46. The third kappa shape index (κ3) is 2.89. The molecule has 0 radical (unpaired) electrons. The Balaban J connectivity index is 2.09.